The molecule has 1 rings (SSSR count). The van der Waals surface area contributed by atoms with Gasteiger partial charge in [0.2, 0.25) is 0 Å². The van der Waals surface area contributed by atoms with Gasteiger partial charge in [-0.1, -0.05) is 12.2 Å². The van der Waals surface area contributed by atoms with E-state index in [4.69, 9.17) is 0 Å². The van der Waals surface area contributed by atoms with Crippen molar-refractivity contribution in [2.24, 2.45) is 4.99 Å². The van der Waals surface area contributed by atoms with Gasteiger partial charge in [-0.05, 0) is 28.7 Å². The summed E-state index contributed by atoms with van der Waals surface area (Å²) in [6.45, 7) is 0.773. The predicted octanol–water partition coefficient (Wildman–Crippen LogP) is 1.45. The van der Waals surface area contributed by atoms with Crippen molar-refractivity contribution in [3.8, 4) is 0 Å². The number of nitrogens with zero attached hydrogens (tertiary/aromatic N) is 1. The highest BCUT2D eigenvalue weighted by molar-refractivity contribution is 14.1. The first kappa shape index (κ1) is 6.80. The fourth-order valence-electron chi connectivity index (χ4n) is 0.490. The van der Waals surface area contributed by atoms with Crippen LogP contribution in [0, 0.1) is 0 Å². The number of allylic oxidation sites excluding steroid dienone is 2. The van der Waals surface area contributed by atoms with Gasteiger partial charge in [0.15, 0.2) is 3.84 Å². The van der Waals surface area contributed by atoms with E-state index in [9.17, 15) is 0 Å². The lowest BCUT2D eigenvalue weighted by atomic mass is 10.4. The van der Waals surface area contributed by atoms with Crippen LogP contribution < -0.4 is 5.32 Å². The van der Waals surface area contributed by atoms with E-state index in [1.807, 2.05) is 24.4 Å². The molecule has 0 fully saturated rings. The number of amidine groups is 1. The summed E-state index contributed by atoms with van der Waals surface area (Å²) in [5.41, 5.74) is 0. The zero-order valence-corrected chi connectivity index (χ0v) is 7.00. The maximum Gasteiger partial charge on any atom is 0.164 e. The fourth-order valence-corrected chi connectivity index (χ4v) is 0.867. The smallest absolute Gasteiger partial charge is 0.164 e. The Kier molecular flexibility index (Phi) is 2.76. The molecule has 0 bridgehead atoms. The first-order chi connectivity index (χ1) is 4.39. The molecule has 0 amide bonds. The van der Waals surface area contributed by atoms with Crippen LogP contribution in [0.4, 0.5) is 0 Å². The molecule has 1 aliphatic rings. The summed E-state index contributed by atoms with van der Waals surface area (Å²) in [5, 5.41) is 2.99. The van der Waals surface area contributed by atoms with Crippen molar-refractivity contribution < 1.29 is 0 Å². The third-order valence-electron chi connectivity index (χ3n) is 0.881. The molecule has 0 aromatic rings. The Bertz CT molecular complexity index is 170. The number of nitrogens with one attached hydrogen (secondary N) is 1. The SMILES string of the molecule is I/C1=N/C/C=C\C=C/N1. The molecule has 1 heterocycles. The van der Waals surface area contributed by atoms with E-state index >= 15 is 0 Å². The molecule has 0 aromatic heterocycles. The van der Waals surface area contributed by atoms with Crippen molar-refractivity contribution >= 4 is 26.4 Å². The van der Waals surface area contributed by atoms with Gasteiger partial charge in [0.1, 0.15) is 0 Å². The van der Waals surface area contributed by atoms with Gasteiger partial charge in [0.25, 0.3) is 0 Å². The zero-order valence-electron chi connectivity index (χ0n) is 4.84. The van der Waals surface area contributed by atoms with Crippen LogP contribution in [0.15, 0.2) is 29.4 Å². The van der Waals surface area contributed by atoms with Gasteiger partial charge < -0.3 is 5.32 Å². The molecule has 1 N–H and O–H groups in total. The first-order valence-electron chi connectivity index (χ1n) is 2.68. The topological polar surface area (TPSA) is 24.4 Å². The highest BCUT2D eigenvalue weighted by Gasteiger charge is 1.85. The Hall–Kier alpha value is -0.320. The van der Waals surface area contributed by atoms with Crippen molar-refractivity contribution in [1.82, 2.24) is 5.32 Å². The molecule has 9 heavy (non-hydrogen) atoms. The third kappa shape index (κ3) is 2.64. The molecule has 0 atom stereocenters. The molecule has 48 valence electrons. The number of rotatable bonds is 0. The summed E-state index contributed by atoms with van der Waals surface area (Å²) in [4.78, 5) is 4.14. The minimum atomic E-state index is 0.773. The Balaban J connectivity index is 2.61. The summed E-state index contributed by atoms with van der Waals surface area (Å²) in [5.74, 6) is 0. The van der Waals surface area contributed by atoms with Gasteiger partial charge in [0, 0.05) is 6.20 Å². The van der Waals surface area contributed by atoms with E-state index < -0.39 is 0 Å². The second kappa shape index (κ2) is 3.66. The molecule has 0 saturated carbocycles. The molecule has 0 spiro atoms. The highest BCUT2D eigenvalue weighted by atomic mass is 127. The summed E-state index contributed by atoms with van der Waals surface area (Å²) in [6, 6.07) is 0. The minimum absolute atomic E-state index is 0.773. The highest BCUT2D eigenvalue weighted by Crippen LogP contribution is 1.90. The van der Waals surface area contributed by atoms with E-state index in [1.165, 1.54) is 0 Å². The molecule has 0 unspecified atom stereocenters. The minimum Gasteiger partial charge on any atom is -0.342 e. The Labute approximate surface area is 67.9 Å². The summed E-state index contributed by atoms with van der Waals surface area (Å²) in [6.07, 6.45) is 7.80. The van der Waals surface area contributed by atoms with Crippen LogP contribution in [0.5, 0.6) is 0 Å². The number of halogens is 1. The van der Waals surface area contributed by atoms with Crippen molar-refractivity contribution in [3.63, 3.8) is 0 Å². The summed E-state index contributed by atoms with van der Waals surface area (Å²) in [7, 11) is 0. The Morgan fingerprint density at radius 1 is 1.56 bits per heavy atom. The maximum atomic E-state index is 4.14. The molecule has 0 aliphatic carbocycles. The summed E-state index contributed by atoms with van der Waals surface area (Å²) < 4.78 is 0.938. The van der Waals surface area contributed by atoms with Crippen LogP contribution >= 0.6 is 22.6 Å². The van der Waals surface area contributed by atoms with Crippen molar-refractivity contribution in [3.05, 3.63) is 24.4 Å². The standard InChI is InChI=1S/C6H7IN2/c7-6-8-4-2-1-3-5-9-6/h1-4H,5H2,(H,8,9)/b3-1-,4-2-. The molecule has 3 heteroatoms. The second-order valence-electron chi connectivity index (χ2n) is 1.56. The normalized spacial score (nSPS) is 30.6. The number of hydrogen-bond donors (Lipinski definition) is 1. The average molecular weight is 234 g/mol. The van der Waals surface area contributed by atoms with Crippen LogP contribution in [0.3, 0.4) is 0 Å². The van der Waals surface area contributed by atoms with Crippen molar-refractivity contribution in [1.29, 1.82) is 0 Å². The molecule has 0 saturated heterocycles. The van der Waals surface area contributed by atoms with Crippen LogP contribution in [0.25, 0.3) is 0 Å². The molecular weight excluding hydrogens is 227 g/mol. The van der Waals surface area contributed by atoms with E-state index in [-0.39, 0.29) is 0 Å². The Morgan fingerprint density at radius 2 is 2.44 bits per heavy atom. The molecule has 0 aromatic carbocycles. The van der Waals surface area contributed by atoms with Crippen LogP contribution in [0.2, 0.25) is 0 Å². The van der Waals surface area contributed by atoms with Gasteiger partial charge in [-0.15, -0.1) is 0 Å². The number of hydrogen-bond acceptors (Lipinski definition) is 2. The zero-order chi connectivity index (χ0) is 6.53. The average Bonchev–Trinajstić information content (AvgIpc) is 1.79. The molecule has 1 aliphatic heterocycles. The lowest BCUT2D eigenvalue weighted by molar-refractivity contribution is 1.18. The molecule has 0 radical (unpaired) electrons. The van der Waals surface area contributed by atoms with E-state index in [0.717, 1.165) is 10.4 Å². The molecule has 2 nitrogen and oxygen atoms in total. The van der Waals surface area contributed by atoms with E-state index in [0.29, 0.717) is 0 Å². The van der Waals surface area contributed by atoms with Gasteiger partial charge in [-0.25, -0.2) is 0 Å². The first-order valence-corrected chi connectivity index (χ1v) is 3.75. The number of aliphatic imine (C=N–C) groups is 1. The van der Waals surface area contributed by atoms with Gasteiger partial charge in [0.05, 0.1) is 6.54 Å². The lowest BCUT2D eigenvalue weighted by Crippen LogP contribution is -2.10. The maximum absolute atomic E-state index is 4.14. The van der Waals surface area contributed by atoms with E-state index in [2.05, 4.69) is 32.9 Å². The summed E-state index contributed by atoms with van der Waals surface area (Å²) >= 11 is 2.15. The molecular formula is C6H7IN2. The third-order valence-corrected chi connectivity index (χ3v) is 1.53. The monoisotopic (exact) mass is 234 g/mol. The quantitative estimate of drug-likeness (QED) is 0.497. The predicted molar refractivity (Wildman–Crippen MR) is 47.7 cm³/mol. The fraction of sp³-hybridized carbons (Fsp3) is 0.167. The van der Waals surface area contributed by atoms with Crippen LogP contribution in [-0.2, 0) is 0 Å². The van der Waals surface area contributed by atoms with Gasteiger partial charge in [-0.2, -0.15) is 0 Å². The largest absolute Gasteiger partial charge is 0.342 e. The van der Waals surface area contributed by atoms with Crippen molar-refractivity contribution in [2.45, 2.75) is 0 Å². The lowest BCUT2D eigenvalue weighted by Gasteiger charge is -1.96. The van der Waals surface area contributed by atoms with Gasteiger partial charge >= 0.3 is 0 Å². The Morgan fingerprint density at radius 3 is 3.33 bits per heavy atom. The second-order valence-corrected chi connectivity index (χ2v) is 2.58. The van der Waals surface area contributed by atoms with Gasteiger partial charge in [-0.3, -0.25) is 4.99 Å². The van der Waals surface area contributed by atoms with Crippen molar-refractivity contribution in [2.75, 3.05) is 6.54 Å². The van der Waals surface area contributed by atoms with Crippen LogP contribution in [0.1, 0.15) is 0 Å². The van der Waals surface area contributed by atoms with E-state index in [1.54, 1.807) is 0 Å². The van der Waals surface area contributed by atoms with Crippen LogP contribution in [-0.4, -0.2) is 10.4 Å².